The number of aliphatic hydroxyl groups is 1. The number of rotatable bonds is 2. The van der Waals surface area contributed by atoms with Crippen molar-refractivity contribution in [1.29, 1.82) is 0 Å². The van der Waals surface area contributed by atoms with Gasteiger partial charge in [-0.3, -0.25) is 0 Å². The molecule has 0 aromatic heterocycles. The molecule has 0 unspecified atom stereocenters. The highest BCUT2D eigenvalue weighted by Gasteiger charge is 2.27. The summed E-state index contributed by atoms with van der Waals surface area (Å²) >= 11 is 0. The lowest BCUT2D eigenvalue weighted by atomic mass is 9.71. The molecule has 1 saturated carbocycles. The summed E-state index contributed by atoms with van der Waals surface area (Å²) in [5.41, 5.74) is 3.01. The van der Waals surface area contributed by atoms with Crippen LogP contribution in [0.15, 0.2) is 24.3 Å². The molecule has 1 aliphatic rings. The van der Waals surface area contributed by atoms with Gasteiger partial charge in [-0.15, -0.1) is 0 Å². The monoisotopic (exact) mass is 218 g/mol. The molecule has 0 heterocycles. The van der Waals surface area contributed by atoms with Gasteiger partial charge < -0.3 is 5.11 Å². The van der Waals surface area contributed by atoms with E-state index in [-0.39, 0.29) is 6.61 Å². The van der Waals surface area contributed by atoms with Gasteiger partial charge >= 0.3 is 0 Å². The molecule has 1 aromatic carbocycles. The molecule has 1 aliphatic carbocycles. The molecule has 0 bridgehead atoms. The van der Waals surface area contributed by atoms with Crippen LogP contribution in [0.2, 0.25) is 0 Å². The van der Waals surface area contributed by atoms with E-state index in [1.54, 1.807) is 0 Å². The Morgan fingerprint density at radius 3 is 2.19 bits per heavy atom. The molecule has 1 fully saturated rings. The molecule has 0 atom stereocenters. The molecule has 1 heteroatoms. The Labute approximate surface area is 98.5 Å². The van der Waals surface area contributed by atoms with Gasteiger partial charge in [-0.1, -0.05) is 38.1 Å². The molecule has 1 nitrogen and oxygen atoms in total. The lowest BCUT2D eigenvalue weighted by Gasteiger charge is -2.34. The molecule has 0 saturated heterocycles. The Morgan fingerprint density at radius 2 is 1.69 bits per heavy atom. The fourth-order valence-corrected chi connectivity index (χ4v) is 2.63. The predicted molar refractivity (Wildman–Crippen MR) is 67.4 cm³/mol. The van der Waals surface area contributed by atoms with Crippen LogP contribution in [0.3, 0.4) is 0 Å². The third kappa shape index (κ3) is 2.65. The predicted octanol–water partition coefficient (Wildman–Crippen LogP) is 3.86. The molecule has 0 radical (unpaired) electrons. The molecule has 1 aromatic rings. The van der Waals surface area contributed by atoms with Gasteiger partial charge in [0.1, 0.15) is 0 Å². The molecule has 0 amide bonds. The maximum absolute atomic E-state index is 9.01. The molecule has 0 aliphatic heterocycles. The second-order valence-corrected chi connectivity index (χ2v) is 5.84. The largest absolute Gasteiger partial charge is 0.392 e. The highest BCUT2D eigenvalue weighted by Crippen LogP contribution is 2.42. The highest BCUT2D eigenvalue weighted by atomic mass is 16.3. The van der Waals surface area contributed by atoms with Gasteiger partial charge in [0.2, 0.25) is 0 Å². The van der Waals surface area contributed by atoms with Crippen LogP contribution in [-0.4, -0.2) is 5.11 Å². The molecule has 2 rings (SSSR count). The Morgan fingerprint density at radius 1 is 1.12 bits per heavy atom. The van der Waals surface area contributed by atoms with E-state index in [4.69, 9.17) is 5.11 Å². The van der Waals surface area contributed by atoms with Crippen LogP contribution in [0.1, 0.15) is 56.6 Å². The van der Waals surface area contributed by atoms with Crippen LogP contribution >= 0.6 is 0 Å². The van der Waals surface area contributed by atoms with Crippen molar-refractivity contribution < 1.29 is 5.11 Å². The third-order valence-electron chi connectivity index (χ3n) is 3.97. The molecule has 88 valence electrons. The first-order valence-corrected chi connectivity index (χ1v) is 6.30. The van der Waals surface area contributed by atoms with Crippen molar-refractivity contribution in [1.82, 2.24) is 0 Å². The van der Waals surface area contributed by atoms with Crippen molar-refractivity contribution in [3.63, 3.8) is 0 Å². The average Bonchev–Trinajstić information content (AvgIpc) is 2.29. The summed E-state index contributed by atoms with van der Waals surface area (Å²) in [5.74, 6) is 0.737. The Balaban J connectivity index is 2.03. The summed E-state index contributed by atoms with van der Waals surface area (Å²) in [6, 6.07) is 8.48. The highest BCUT2D eigenvalue weighted by molar-refractivity contribution is 5.25. The summed E-state index contributed by atoms with van der Waals surface area (Å²) in [5, 5.41) is 9.01. The second-order valence-electron chi connectivity index (χ2n) is 5.84. The van der Waals surface area contributed by atoms with E-state index in [0.717, 1.165) is 11.5 Å². The van der Waals surface area contributed by atoms with E-state index in [1.807, 2.05) is 0 Å². The van der Waals surface area contributed by atoms with Gasteiger partial charge in [-0.25, -0.2) is 0 Å². The maximum Gasteiger partial charge on any atom is 0.0681 e. The smallest absolute Gasteiger partial charge is 0.0681 e. The Hall–Kier alpha value is -0.820. The second kappa shape index (κ2) is 4.58. The number of benzene rings is 1. The minimum Gasteiger partial charge on any atom is -0.392 e. The van der Waals surface area contributed by atoms with Gasteiger partial charge in [-0.2, -0.15) is 0 Å². The van der Waals surface area contributed by atoms with Crippen molar-refractivity contribution in [2.45, 2.75) is 52.1 Å². The van der Waals surface area contributed by atoms with Crippen molar-refractivity contribution in [2.75, 3.05) is 0 Å². The van der Waals surface area contributed by atoms with E-state index < -0.39 is 0 Å². The van der Waals surface area contributed by atoms with Crippen molar-refractivity contribution in [3.8, 4) is 0 Å². The standard InChI is InChI=1S/C15H22O/c1-15(2)9-7-14(8-10-15)13-5-3-12(11-16)4-6-13/h3-6,14,16H,7-11H2,1-2H3. The van der Waals surface area contributed by atoms with Crippen LogP contribution in [0.4, 0.5) is 0 Å². The maximum atomic E-state index is 9.01. The third-order valence-corrected chi connectivity index (χ3v) is 3.97. The van der Waals surface area contributed by atoms with Gasteiger partial charge in [0.15, 0.2) is 0 Å². The fraction of sp³-hybridized carbons (Fsp3) is 0.600. The van der Waals surface area contributed by atoms with E-state index in [1.165, 1.54) is 31.2 Å². The zero-order valence-corrected chi connectivity index (χ0v) is 10.4. The summed E-state index contributed by atoms with van der Waals surface area (Å²) in [4.78, 5) is 0. The molecular weight excluding hydrogens is 196 g/mol. The average molecular weight is 218 g/mol. The van der Waals surface area contributed by atoms with Crippen molar-refractivity contribution in [2.24, 2.45) is 5.41 Å². The molecule has 0 spiro atoms. The van der Waals surface area contributed by atoms with Crippen molar-refractivity contribution in [3.05, 3.63) is 35.4 Å². The summed E-state index contributed by atoms with van der Waals surface area (Å²) < 4.78 is 0. The normalized spacial score (nSPS) is 20.9. The first-order chi connectivity index (χ1) is 7.61. The summed E-state index contributed by atoms with van der Waals surface area (Å²) in [6.45, 7) is 4.90. The van der Waals surface area contributed by atoms with Gasteiger partial charge in [0.05, 0.1) is 6.61 Å². The van der Waals surface area contributed by atoms with Gasteiger partial charge in [-0.05, 0) is 48.1 Å². The summed E-state index contributed by atoms with van der Waals surface area (Å²) in [6.07, 6.45) is 5.29. The zero-order valence-electron chi connectivity index (χ0n) is 10.4. The zero-order chi connectivity index (χ0) is 11.6. The van der Waals surface area contributed by atoms with Gasteiger partial charge in [0.25, 0.3) is 0 Å². The summed E-state index contributed by atoms with van der Waals surface area (Å²) in [7, 11) is 0. The first-order valence-electron chi connectivity index (χ1n) is 6.30. The minimum absolute atomic E-state index is 0.151. The minimum atomic E-state index is 0.151. The lowest BCUT2D eigenvalue weighted by Crippen LogP contribution is -2.20. The van der Waals surface area contributed by atoms with Crippen LogP contribution < -0.4 is 0 Å². The van der Waals surface area contributed by atoms with E-state index >= 15 is 0 Å². The van der Waals surface area contributed by atoms with Crippen molar-refractivity contribution >= 4 is 0 Å². The van der Waals surface area contributed by atoms with Crippen LogP contribution in [0.5, 0.6) is 0 Å². The quantitative estimate of drug-likeness (QED) is 0.799. The number of hydrogen-bond acceptors (Lipinski definition) is 1. The van der Waals surface area contributed by atoms with E-state index in [2.05, 4.69) is 38.1 Å². The van der Waals surface area contributed by atoms with Crippen LogP contribution in [0.25, 0.3) is 0 Å². The fourth-order valence-electron chi connectivity index (χ4n) is 2.63. The molecule has 16 heavy (non-hydrogen) atoms. The van der Waals surface area contributed by atoms with Crippen LogP contribution in [-0.2, 0) is 6.61 Å². The first kappa shape index (κ1) is 11.7. The topological polar surface area (TPSA) is 20.2 Å². The van der Waals surface area contributed by atoms with Crippen LogP contribution in [0, 0.1) is 5.41 Å². The SMILES string of the molecule is CC1(C)CCC(c2ccc(CO)cc2)CC1. The Kier molecular flexibility index (Phi) is 3.34. The van der Waals surface area contributed by atoms with E-state index in [9.17, 15) is 0 Å². The van der Waals surface area contributed by atoms with Gasteiger partial charge in [0, 0.05) is 0 Å². The number of hydrogen-bond donors (Lipinski definition) is 1. The van der Waals surface area contributed by atoms with E-state index in [0.29, 0.717) is 5.41 Å². The molecule has 1 N–H and O–H groups in total. The number of aliphatic hydroxyl groups excluding tert-OH is 1. The Bertz CT molecular complexity index is 327. The molecular formula is C15H22O. The lowest BCUT2D eigenvalue weighted by molar-refractivity contribution is 0.224.